The largest absolute Gasteiger partial charge is 0.481 e. The molecule has 1 heterocycles. The van der Waals surface area contributed by atoms with Crippen LogP contribution in [0.4, 0.5) is 0 Å². The van der Waals surface area contributed by atoms with Gasteiger partial charge in [0.15, 0.2) is 5.75 Å². The fourth-order valence-corrected chi connectivity index (χ4v) is 3.59. The first-order chi connectivity index (χ1) is 8.83. The van der Waals surface area contributed by atoms with Gasteiger partial charge in [-0.2, -0.15) is 4.31 Å². The van der Waals surface area contributed by atoms with Gasteiger partial charge in [-0.05, 0) is 0 Å². The quantitative estimate of drug-likeness (QED) is 0.620. The highest BCUT2D eigenvalue weighted by molar-refractivity contribution is 7.89. The van der Waals surface area contributed by atoms with Crippen molar-refractivity contribution in [3.8, 4) is 0 Å². The number of ether oxygens (including phenoxy) is 2. The van der Waals surface area contributed by atoms with Crippen LogP contribution < -0.4 is 0 Å². The summed E-state index contributed by atoms with van der Waals surface area (Å²) in [5.41, 5.74) is 0. The third-order valence-corrected chi connectivity index (χ3v) is 4.78. The average Bonchev–Trinajstić information content (AvgIpc) is 2.77. The number of nitrogens with zero attached hydrogens (tertiary/aromatic N) is 1. The smallest absolute Gasteiger partial charge is 0.322 e. The molecule has 0 aromatic carbocycles. The molecule has 1 rings (SSSR count). The van der Waals surface area contributed by atoms with Gasteiger partial charge in [0.2, 0.25) is 10.0 Å². The van der Waals surface area contributed by atoms with Crippen molar-refractivity contribution in [2.45, 2.75) is 13.0 Å². The second kappa shape index (κ2) is 6.31. The van der Waals surface area contributed by atoms with E-state index in [1.54, 1.807) is 6.92 Å². The number of hydrogen-bond donors (Lipinski definition) is 1. The van der Waals surface area contributed by atoms with Gasteiger partial charge in [0.1, 0.15) is 0 Å². The monoisotopic (exact) mass is 295 g/mol. The Hall–Kier alpha value is -1.19. The third-order valence-electron chi connectivity index (χ3n) is 2.93. The maximum absolute atomic E-state index is 12.1. The van der Waals surface area contributed by atoms with Gasteiger partial charge in [0.25, 0.3) is 0 Å². The normalized spacial score (nSPS) is 23.5. The molecule has 2 unspecified atom stereocenters. The Kier molecular flexibility index (Phi) is 5.27. The number of carboxylic acids is 1. The number of carbonyl (C=O) groups excluding carboxylic acids is 1. The van der Waals surface area contributed by atoms with E-state index in [0.29, 0.717) is 0 Å². The molecule has 0 aromatic rings. The van der Waals surface area contributed by atoms with Crippen molar-refractivity contribution in [1.82, 2.24) is 4.31 Å². The molecule has 1 N–H and O–H groups in total. The van der Waals surface area contributed by atoms with Crippen molar-refractivity contribution in [3.05, 3.63) is 0 Å². The summed E-state index contributed by atoms with van der Waals surface area (Å²) in [6.07, 6.45) is 0. The number of carbonyl (C=O) groups is 2. The van der Waals surface area contributed by atoms with E-state index in [9.17, 15) is 18.0 Å². The van der Waals surface area contributed by atoms with E-state index < -0.39 is 39.7 Å². The summed E-state index contributed by atoms with van der Waals surface area (Å²) in [6, 6.07) is -0.794. The number of likely N-dealkylation sites (N-methyl/N-ethyl adjacent to an activating group) is 1. The lowest BCUT2D eigenvalue weighted by atomic mass is 10.0. The second-order valence-corrected chi connectivity index (χ2v) is 6.01. The summed E-state index contributed by atoms with van der Waals surface area (Å²) in [5.74, 6) is -3.73. The summed E-state index contributed by atoms with van der Waals surface area (Å²) < 4.78 is 34.5. The minimum absolute atomic E-state index is 0.00517. The summed E-state index contributed by atoms with van der Waals surface area (Å²) >= 11 is 0. The predicted octanol–water partition coefficient (Wildman–Crippen LogP) is -1.09. The molecule has 1 aliphatic rings. The molecule has 2 atom stereocenters. The van der Waals surface area contributed by atoms with Crippen LogP contribution in [0, 0.1) is 5.92 Å². The minimum Gasteiger partial charge on any atom is -0.481 e. The zero-order chi connectivity index (χ0) is 14.6. The van der Waals surface area contributed by atoms with Crippen molar-refractivity contribution in [3.63, 3.8) is 0 Å². The summed E-state index contributed by atoms with van der Waals surface area (Å²) in [6.45, 7) is 1.61. The minimum atomic E-state index is -3.92. The van der Waals surface area contributed by atoms with Crippen molar-refractivity contribution in [2.75, 3.05) is 32.6 Å². The van der Waals surface area contributed by atoms with Gasteiger partial charge < -0.3 is 14.6 Å². The Labute approximate surface area is 111 Å². The second-order valence-electron chi connectivity index (χ2n) is 4.09. The van der Waals surface area contributed by atoms with Crippen LogP contribution >= 0.6 is 0 Å². The molecule has 8 nitrogen and oxygen atoms in total. The fraction of sp³-hybridized carbons (Fsp3) is 0.800. The van der Waals surface area contributed by atoms with E-state index in [2.05, 4.69) is 4.74 Å². The number of rotatable bonds is 6. The van der Waals surface area contributed by atoms with Gasteiger partial charge >= 0.3 is 11.9 Å². The number of hydrogen-bond acceptors (Lipinski definition) is 6. The van der Waals surface area contributed by atoms with Crippen molar-refractivity contribution < 1.29 is 32.6 Å². The van der Waals surface area contributed by atoms with Gasteiger partial charge in [-0.25, -0.2) is 8.42 Å². The highest BCUT2D eigenvalue weighted by atomic mass is 32.2. The molecule has 1 fully saturated rings. The zero-order valence-electron chi connectivity index (χ0n) is 10.7. The topological polar surface area (TPSA) is 110 Å². The van der Waals surface area contributed by atoms with Crippen LogP contribution in [0.5, 0.6) is 0 Å². The molecule has 0 amide bonds. The van der Waals surface area contributed by atoms with Gasteiger partial charge in [-0.3, -0.25) is 9.59 Å². The highest BCUT2D eigenvalue weighted by Crippen LogP contribution is 2.22. The van der Waals surface area contributed by atoms with Gasteiger partial charge in [-0.15, -0.1) is 0 Å². The Bertz CT molecular complexity index is 447. The Morgan fingerprint density at radius 3 is 2.53 bits per heavy atom. The first-order valence-electron chi connectivity index (χ1n) is 5.70. The maximum Gasteiger partial charge on any atom is 0.322 e. The molecule has 0 aliphatic carbocycles. The summed E-state index contributed by atoms with van der Waals surface area (Å²) in [5, 5.41) is 9.03. The molecule has 110 valence electrons. The lowest BCUT2D eigenvalue weighted by Gasteiger charge is -2.27. The summed E-state index contributed by atoms with van der Waals surface area (Å²) in [7, 11) is -2.83. The molecule has 0 saturated carbocycles. The van der Waals surface area contributed by atoms with E-state index in [1.807, 2.05) is 0 Å². The van der Waals surface area contributed by atoms with Crippen LogP contribution in [0.25, 0.3) is 0 Å². The van der Waals surface area contributed by atoms with Crippen molar-refractivity contribution >= 4 is 22.0 Å². The third kappa shape index (κ3) is 3.64. The van der Waals surface area contributed by atoms with Gasteiger partial charge in [0.05, 0.1) is 32.3 Å². The van der Waals surface area contributed by atoms with Crippen LogP contribution in [-0.2, 0) is 29.1 Å². The van der Waals surface area contributed by atoms with Crippen molar-refractivity contribution in [1.29, 1.82) is 0 Å². The average molecular weight is 295 g/mol. The molecule has 1 aliphatic heterocycles. The predicted molar refractivity (Wildman–Crippen MR) is 63.9 cm³/mol. The standard InChI is InChI=1S/C10H17NO7S/c1-3-11(19(15,16)6-9(12)17-2)8-5-18-4-7(8)10(13)14/h7-8H,3-6H2,1-2H3,(H,13,14). The maximum atomic E-state index is 12.1. The van der Waals surface area contributed by atoms with Crippen LogP contribution in [0.15, 0.2) is 0 Å². The lowest BCUT2D eigenvalue weighted by molar-refractivity contribution is -0.142. The number of aliphatic carboxylic acids is 1. The zero-order valence-corrected chi connectivity index (χ0v) is 11.6. The molecule has 19 heavy (non-hydrogen) atoms. The van der Waals surface area contributed by atoms with E-state index in [1.165, 1.54) is 0 Å². The van der Waals surface area contributed by atoms with E-state index in [0.717, 1.165) is 11.4 Å². The molecular weight excluding hydrogens is 278 g/mol. The number of carboxylic acid groups (broad SMARTS) is 1. The Balaban J connectivity index is 2.93. The molecule has 0 bridgehead atoms. The number of sulfonamides is 1. The Morgan fingerprint density at radius 1 is 1.42 bits per heavy atom. The van der Waals surface area contributed by atoms with Crippen LogP contribution in [0.1, 0.15) is 6.92 Å². The van der Waals surface area contributed by atoms with E-state index in [4.69, 9.17) is 9.84 Å². The van der Waals surface area contributed by atoms with E-state index in [-0.39, 0.29) is 19.8 Å². The van der Waals surface area contributed by atoms with Crippen LogP contribution in [0.3, 0.4) is 0 Å². The summed E-state index contributed by atoms with van der Waals surface area (Å²) in [4.78, 5) is 22.1. The van der Waals surface area contributed by atoms with Gasteiger partial charge in [0, 0.05) is 6.54 Å². The molecule has 1 saturated heterocycles. The van der Waals surface area contributed by atoms with Crippen LogP contribution in [-0.4, -0.2) is 68.4 Å². The number of esters is 1. The molecule has 9 heteroatoms. The molecule has 0 radical (unpaired) electrons. The molecule has 0 aromatic heterocycles. The highest BCUT2D eigenvalue weighted by Gasteiger charge is 2.42. The molecule has 0 spiro atoms. The SMILES string of the molecule is CCN(C1COCC1C(=O)O)S(=O)(=O)CC(=O)OC. The lowest BCUT2D eigenvalue weighted by Crippen LogP contribution is -2.48. The van der Waals surface area contributed by atoms with Gasteiger partial charge in [-0.1, -0.05) is 6.92 Å². The first-order valence-corrected chi connectivity index (χ1v) is 7.31. The first kappa shape index (κ1) is 15.9. The molecular formula is C10H17NO7S. The van der Waals surface area contributed by atoms with Crippen molar-refractivity contribution in [2.24, 2.45) is 5.92 Å². The van der Waals surface area contributed by atoms with E-state index >= 15 is 0 Å². The Morgan fingerprint density at radius 2 is 2.05 bits per heavy atom. The van der Waals surface area contributed by atoms with Crippen LogP contribution in [0.2, 0.25) is 0 Å². The number of methoxy groups -OCH3 is 1. The fourth-order valence-electron chi connectivity index (χ4n) is 1.99.